The monoisotopic (exact) mass is 352 g/mol. The summed E-state index contributed by atoms with van der Waals surface area (Å²) >= 11 is 0. The van der Waals surface area contributed by atoms with Gasteiger partial charge in [0, 0.05) is 32.0 Å². The fourth-order valence-corrected chi connectivity index (χ4v) is 3.26. The summed E-state index contributed by atoms with van der Waals surface area (Å²) < 4.78 is 37.6. The van der Waals surface area contributed by atoms with Crippen LogP contribution in [0.3, 0.4) is 0 Å². The van der Waals surface area contributed by atoms with Gasteiger partial charge in [0.1, 0.15) is 5.82 Å². The van der Waals surface area contributed by atoms with Crippen molar-refractivity contribution in [3.05, 3.63) is 63.5 Å². The molecular formula is C16H17FN2O4S. The van der Waals surface area contributed by atoms with E-state index < -0.39 is 14.8 Å². The molecule has 128 valence electrons. The van der Waals surface area contributed by atoms with Gasteiger partial charge in [0.05, 0.1) is 15.5 Å². The molecule has 0 unspecified atom stereocenters. The van der Waals surface area contributed by atoms with Gasteiger partial charge < -0.3 is 4.90 Å². The Bertz CT molecular complexity index is 897. The molecule has 24 heavy (non-hydrogen) atoms. The molecule has 0 heterocycles. The summed E-state index contributed by atoms with van der Waals surface area (Å²) in [7, 11) is -2.02. The summed E-state index contributed by atoms with van der Waals surface area (Å²) in [5.41, 5.74) is 1.21. The number of hydrogen-bond donors (Lipinski definition) is 0. The molecule has 0 amide bonds. The lowest BCUT2D eigenvalue weighted by Gasteiger charge is -2.22. The third-order valence-corrected chi connectivity index (χ3v) is 4.75. The number of anilines is 1. The average molecular weight is 352 g/mol. The number of halogens is 1. The smallest absolute Gasteiger partial charge is 0.270 e. The lowest BCUT2D eigenvalue weighted by atomic mass is 10.1. The van der Waals surface area contributed by atoms with Crippen LogP contribution in [0.25, 0.3) is 0 Å². The number of rotatable bonds is 5. The van der Waals surface area contributed by atoms with Gasteiger partial charge in [-0.1, -0.05) is 12.1 Å². The maximum Gasteiger partial charge on any atom is 0.270 e. The molecule has 0 radical (unpaired) electrons. The van der Waals surface area contributed by atoms with Crippen LogP contribution in [0.2, 0.25) is 0 Å². The first-order valence-corrected chi connectivity index (χ1v) is 8.93. The van der Waals surface area contributed by atoms with Gasteiger partial charge in [-0.05, 0) is 30.2 Å². The summed E-state index contributed by atoms with van der Waals surface area (Å²) in [4.78, 5) is 11.7. The van der Waals surface area contributed by atoms with Crippen molar-refractivity contribution in [3.63, 3.8) is 0 Å². The normalized spacial score (nSPS) is 11.3. The highest BCUT2D eigenvalue weighted by molar-refractivity contribution is 7.90. The van der Waals surface area contributed by atoms with E-state index in [1.165, 1.54) is 18.2 Å². The van der Waals surface area contributed by atoms with E-state index in [9.17, 15) is 22.9 Å². The Labute approximate surface area is 139 Å². The van der Waals surface area contributed by atoms with Gasteiger partial charge >= 0.3 is 0 Å². The summed E-state index contributed by atoms with van der Waals surface area (Å²) in [6.45, 7) is 1.92. The molecule has 0 saturated carbocycles. The van der Waals surface area contributed by atoms with E-state index in [2.05, 4.69) is 0 Å². The largest absolute Gasteiger partial charge is 0.369 e. The number of nitrogens with zero attached hydrogens (tertiary/aromatic N) is 2. The zero-order chi connectivity index (χ0) is 18.1. The minimum atomic E-state index is -3.66. The van der Waals surface area contributed by atoms with Crippen molar-refractivity contribution >= 4 is 21.2 Å². The number of aryl methyl sites for hydroxylation is 1. The number of sulfone groups is 1. The number of nitro benzene ring substituents is 1. The Balaban J connectivity index is 2.43. The second kappa shape index (κ2) is 6.56. The van der Waals surface area contributed by atoms with Crippen LogP contribution in [0.5, 0.6) is 0 Å². The Morgan fingerprint density at radius 2 is 1.88 bits per heavy atom. The topological polar surface area (TPSA) is 80.5 Å². The maximum absolute atomic E-state index is 13.7. The molecule has 0 aliphatic carbocycles. The van der Waals surface area contributed by atoms with Crippen LogP contribution in [0.1, 0.15) is 11.1 Å². The molecule has 0 aliphatic rings. The molecule has 2 aromatic carbocycles. The van der Waals surface area contributed by atoms with Gasteiger partial charge in [0.15, 0.2) is 9.84 Å². The van der Waals surface area contributed by atoms with E-state index >= 15 is 0 Å². The van der Waals surface area contributed by atoms with Gasteiger partial charge in [-0.2, -0.15) is 0 Å². The van der Waals surface area contributed by atoms with Crippen molar-refractivity contribution in [2.45, 2.75) is 18.4 Å². The summed E-state index contributed by atoms with van der Waals surface area (Å²) in [5, 5.41) is 10.9. The Kier molecular flexibility index (Phi) is 4.88. The van der Waals surface area contributed by atoms with Crippen molar-refractivity contribution in [1.82, 2.24) is 0 Å². The Morgan fingerprint density at radius 3 is 2.42 bits per heavy atom. The molecular weight excluding hydrogens is 335 g/mol. The molecule has 0 aliphatic heterocycles. The van der Waals surface area contributed by atoms with Crippen molar-refractivity contribution in [1.29, 1.82) is 0 Å². The van der Waals surface area contributed by atoms with E-state index in [0.717, 1.165) is 12.3 Å². The average Bonchev–Trinajstić information content (AvgIpc) is 2.49. The standard InChI is InChI=1S/C16H17FN2O4S/c1-11-4-5-12(8-14(11)17)10-18(2)15-7-6-13(19(20)21)9-16(15)24(3,22)23/h4-9H,10H2,1-3H3. The summed E-state index contributed by atoms with van der Waals surface area (Å²) in [6, 6.07) is 8.45. The third-order valence-electron chi connectivity index (χ3n) is 3.62. The highest BCUT2D eigenvalue weighted by Crippen LogP contribution is 2.29. The SMILES string of the molecule is Cc1ccc(CN(C)c2ccc([N+](=O)[O-])cc2S(C)(=O)=O)cc1F. The predicted octanol–water partition coefficient (Wildman–Crippen LogP) is 3.08. The molecule has 0 spiro atoms. The zero-order valence-electron chi connectivity index (χ0n) is 13.5. The molecule has 0 aromatic heterocycles. The first kappa shape index (κ1) is 17.9. The van der Waals surface area contributed by atoms with E-state index in [1.807, 2.05) is 0 Å². The van der Waals surface area contributed by atoms with Crippen LogP contribution < -0.4 is 4.90 Å². The Morgan fingerprint density at radius 1 is 1.21 bits per heavy atom. The van der Waals surface area contributed by atoms with Crippen LogP contribution in [-0.2, 0) is 16.4 Å². The van der Waals surface area contributed by atoms with Crippen LogP contribution >= 0.6 is 0 Å². The van der Waals surface area contributed by atoms with Crippen molar-refractivity contribution in [2.24, 2.45) is 0 Å². The molecule has 6 nitrogen and oxygen atoms in total. The molecule has 0 N–H and O–H groups in total. The summed E-state index contributed by atoms with van der Waals surface area (Å²) in [5.74, 6) is -0.340. The minimum absolute atomic E-state index is 0.133. The molecule has 2 rings (SSSR count). The fourth-order valence-electron chi connectivity index (χ4n) is 2.32. The van der Waals surface area contributed by atoms with Crippen LogP contribution in [0.15, 0.2) is 41.3 Å². The number of nitro groups is 1. The number of non-ortho nitro benzene ring substituents is 1. The third kappa shape index (κ3) is 3.88. The first-order valence-electron chi connectivity index (χ1n) is 7.04. The van der Waals surface area contributed by atoms with Crippen molar-refractivity contribution < 1.29 is 17.7 Å². The van der Waals surface area contributed by atoms with E-state index in [1.54, 1.807) is 31.0 Å². The number of hydrogen-bond acceptors (Lipinski definition) is 5. The first-order chi connectivity index (χ1) is 11.1. The van der Waals surface area contributed by atoms with Gasteiger partial charge in [-0.3, -0.25) is 10.1 Å². The second-order valence-corrected chi connectivity index (χ2v) is 7.61. The molecule has 2 aromatic rings. The molecule has 0 saturated heterocycles. The molecule has 0 bridgehead atoms. The molecule has 8 heteroatoms. The van der Waals surface area contributed by atoms with Crippen molar-refractivity contribution in [3.8, 4) is 0 Å². The van der Waals surface area contributed by atoms with E-state index in [4.69, 9.17) is 0 Å². The highest BCUT2D eigenvalue weighted by Gasteiger charge is 2.20. The predicted molar refractivity (Wildman–Crippen MR) is 89.5 cm³/mol. The summed E-state index contributed by atoms with van der Waals surface area (Å²) in [6.07, 6.45) is 0.995. The minimum Gasteiger partial charge on any atom is -0.369 e. The lowest BCUT2D eigenvalue weighted by molar-refractivity contribution is -0.385. The van der Waals surface area contributed by atoms with Gasteiger partial charge in [-0.15, -0.1) is 0 Å². The lowest BCUT2D eigenvalue weighted by Crippen LogP contribution is -2.19. The van der Waals surface area contributed by atoms with Crippen molar-refractivity contribution in [2.75, 3.05) is 18.2 Å². The second-order valence-electron chi connectivity index (χ2n) is 5.62. The van der Waals surface area contributed by atoms with Gasteiger partial charge in [0.25, 0.3) is 5.69 Å². The fraction of sp³-hybridized carbons (Fsp3) is 0.250. The van der Waals surface area contributed by atoms with Crippen LogP contribution in [-0.4, -0.2) is 26.6 Å². The van der Waals surface area contributed by atoms with Gasteiger partial charge in [0.2, 0.25) is 0 Å². The molecule has 0 fully saturated rings. The quantitative estimate of drug-likeness (QED) is 0.610. The zero-order valence-corrected chi connectivity index (χ0v) is 14.3. The van der Waals surface area contributed by atoms with E-state index in [-0.39, 0.29) is 22.9 Å². The Hall–Kier alpha value is -2.48. The number of benzene rings is 2. The van der Waals surface area contributed by atoms with Gasteiger partial charge in [-0.25, -0.2) is 12.8 Å². The maximum atomic E-state index is 13.7. The molecule has 0 atom stereocenters. The highest BCUT2D eigenvalue weighted by atomic mass is 32.2. The van der Waals surface area contributed by atoms with Crippen LogP contribution in [0.4, 0.5) is 15.8 Å². The van der Waals surface area contributed by atoms with Crippen LogP contribution in [0, 0.1) is 22.9 Å². The van der Waals surface area contributed by atoms with E-state index in [0.29, 0.717) is 16.8 Å².